The normalized spacial score (nSPS) is 17.0. The van der Waals surface area contributed by atoms with Gasteiger partial charge in [0.2, 0.25) is 17.7 Å². The lowest BCUT2D eigenvalue weighted by molar-refractivity contribution is -0.131. The van der Waals surface area contributed by atoms with E-state index in [4.69, 9.17) is 9.47 Å². The van der Waals surface area contributed by atoms with Crippen molar-refractivity contribution in [2.45, 2.75) is 31.7 Å². The van der Waals surface area contributed by atoms with Crippen molar-refractivity contribution in [1.82, 2.24) is 10.6 Å². The van der Waals surface area contributed by atoms with E-state index in [1.165, 1.54) is 14.2 Å². The number of rotatable bonds is 6. The third-order valence-corrected chi connectivity index (χ3v) is 3.87. The third-order valence-electron chi connectivity index (χ3n) is 3.87. The molecule has 0 radical (unpaired) electrons. The number of hydrogen-bond acceptors (Lipinski definition) is 5. The van der Waals surface area contributed by atoms with Gasteiger partial charge in [0.25, 0.3) is 0 Å². The Bertz CT molecular complexity index is 647. The molecule has 1 heterocycles. The zero-order valence-corrected chi connectivity index (χ0v) is 14.4. The molecule has 0 spiro atoms. The summed E-state index contributed by atoms with van der Waals surface area (Å²) in [4.78, 5) is 36.0. The summed E-state index contributed by atoms with van der Waals surface area (Å²) >= 11 is 0. The quantitative estimate of drug-likeness (QED) is 0.659. The van der Waals surface area contributed by atoms with Gasteiger partial charge in [-0.05, 0) is 31.4 Å². The smallest absolute Gasteiger partial charge is 0.242 e. The van der Waals surface area contributed by atoms with E-state index in [9.17, 15) is 14.4 Å². The predicted molar refractivity (Wildman–Crippen MR) is 91.6 cm³/mol. The summed E-state index contributed by atoms with van der Waals surface area (Å²) in [5.41, 5.74) is 0.409. The number of anilines is 1. The molecular weight excluding hydrogens is 326 g/mol. The number of hydrogen-bond donors (Lipinski definition) is 3. The summed E-state index contributed by atoms with van der Waals surface area (Å²) in [5, 5.41) is 7.97. The molecule has 0 bridgehead atoms. The van der Waals surface area contributed by atoms with E-state index in [0.717, 1.165) is 12.8 Å². The van der Waals surface area contributed by atoms with Crippen LogP contribution in [0.25, 0.3) is 0 Å². The van der Waals surface area contributed by atoms with Crippen molar-refractivity contribution in [1.29, 1.82) is 0 Å². The minimum Gasteiger partial charge on any atom is -0.497 e. The Balaban J connectivity index is 1.93. The first-order chi connectivity index (χ1) is 12.0. The van der Waals surface area contributed by atoms with Gasteiger partial charge in [0.05, 0.1) is 19.9 Å². The van der Waals surface area contributed by atoms with Gasteiger partial charge in [0, 0.05) is 12.6 Å². The fourth-order valence-corrected chi connectivity index (χ4v) is 2.57. The fourth-order valence-electron chi connectivity index (χ4n) is 2.57. The van der Waals surface area contributed by atoms with Crippen LogP contribution in [0.4, 0.5) is 5.69 Å². The SMILES string of the molecule is COc1ccc(OC)c(NC(=O)CC(=O)N[C@H]2CCCCNC2=O)c1. The molecule has 1 aromatic rings. The van der Waals surface area contributed by atoms with Crippen LogP contribution in [0.5, 0.6) is 11.5 Å². The number of benzene rings is 1. The zero-order chi connectivity index (χ0) is 18.2. The monoisotopic (exact) mass is 349 g/mol. The van der Waals surface area contributed by atoms with Crippen molar-refractivity contribution in [3.05, 3.63) is 18.2 Å². The molecular formula is C17H23N3O5. The first-order valence-electron chi connectivity index (χ1n) is 8.12. The number of methoxy groups -OCH3 is 2. The molecule has 1 aromatic carbocycles. The molecule has 0 aromatic heterocycles. The number of nitrogens with one attached hydrogen (secondary N) is 3. The van der Waals surface area contributed by atoms with Gasteiger partial charge in [-0.25, -0.2) is 0 Å². The Morgan fingerprint density at radius 1 is 1.20 bits per heavy atom. The van der Waals surface area contributed by atoms with Crippen LogP contribution in [-0.4, -0.2) is 44.5 Å². The van der Waals surface area contributed by atoms with Gasteiger partial charge in [-0.1, -0.05) is 0 Å². The van der Waals surface area contributed by atoms with Gasteiger partial charge in [-0.3, -0.25) is 14.4 Å². The molecule has 8 nitrogen and oxygen atoms in total. The number of amides is 3. The first kappa shape index (κ1) is 18.6. The summed E-state index contributed by atoms with van der Waals surface area (Å²) in [7, 11) is 2.99. The second-order valence-electron chi connectivity index (χ2n) is 5.70. The number of carbonyl (C=O) groups excluding carboxylic acids is 3. The predicted octanol–water partition coefficient (Wildman–Crippen LogP) is 0.817. The molecule has 1 fully saturated rings. The van der Waals surface area contributed by atoms with Gasteiger partial charge in [0.15, 0.2) is 0 Å². The molecule has 1 aliphatic heterocycles. The molecule has 1 atom stereocenters. The van der Waals surface area contributed by atoms with E-state index in [-0.39, 0.29) is 12.3 Å². The lowest BCUT2D eigenvalue weighted by Crippen LogP contribution is -2.46. The third kappa shape index (κ3) is 5.37. The average Bonchev–Trinajstić information content (AvgIpc) is 2.79. The van der Waals surface area contributed by atoms with Crippen LogP contribution in [0, 0.1) is 0 Å². The largest absolute Gasteiger partial charge is 0.497 e. The van der Waals surface area contributed by atoms with Crippen molar-refractivity contribution < 1.29 is 23.9 Å². The summed E-state index contributed by atoms with van der Waals surface area (Å²) in [5.74, 6) is -0.200. The van der Waals surface area contributed by atoms with Crippen LogP contribution >= 0.6 is 0 Å². The van der Waals surface area contributed by atoms with E-state index >= 15 is 0 Å². The number of carbonyl (C=O) groups is 3. The Hall–Kier alpha value is -2.77. The lowest BCUT2D eigenvalue weighted by atomic mass is 10.1. The molecule has 0 aliphatic carbocycles. The van der Waals surface area contributed by atoms with Gasteiger partial charge < -0.3 is 25.4 Å². The lowest BCUT2D eigenvalue weighted by Gasteiger charge is -2.15. The van der Waals surface area contributed by atoms with Crippen molar-refractivity contribution >= 4 is 23.4 Å². The van der Waals surface area contributed by atoms with E-state index in [1.54, 1.807) is 18.2 Å². The van der Waals surface area contributed by atoms with Crippen LogP contribution in [-0.2, 0) is 14.4 Å². The Morgan fingerprint density at radius 3 is 2.72 bits per heavy atom. The molecule has 0 unspecified atom stereocenters. The molecule has 1 saturated heterocycles. The Kier molecular flexibility index (Phi) is 6.62. The molecule has 3 N–H and O–H groups in total. The highest BCUT2D eigenvalue weighted by Crippen LogP contribution is 2.28. The van der Waals surface area contributed by atoms with Gasteiger partial charge in [0.1, 0.15) is 24.0 Å². The van der Waals surface area contributed by atoms with Crippen molar-refractivity contribution in [2.24, 2.45) is 0 Å². The molecule has 3 amide bonds. The van der Waals surface area contributed by atoms with Crippen LogP contribution in [0.2, 0.25) is 0 Å². The highest BCUT2D eigenvalue weighted by molar-refractivity contribution is 6.05. The topological polar surface area (TPSA) is 106 Å². The second-order valence-corrected chi connectivity index (χ2v) is 5.70. The van der Waals surface area contributed by atoms with Crippen LogP contribution in [0.3, 0.4) is 0 Å². The zero-order valence-electron chi connectivity index (χ0n) is 14.4. The van der Waals surface area contributed by atoms with Crippen molar-refractivity contribution in [3.63, 3.8) is 0 Å². The Labute approximate surface area is 146 Å². The number of ether oxygens (including phenoxy) is 2. The maximum absolute atomic E-state index is 12.1. The molecule has 1 aliphatic rings. The molecule has 2 rings (SSSR count). The molecule has 8 heteroatoms. The fraction of sp³-hybridized carbons (Fsp3) is 0.471. The second kappa shape index (κ2) is 8.91. The highest BCUT2D eigenvalue weighted by atomic mass is 16.5. The van der Waals surface area contributed by atoms with E-state index in [2.05, 4.69) is 16.0 Å². The average molecular weight is 349 g/mol. The van der Waals surface area contributed by atoms with Crippen molar-refractivity contribution in [3.8, 4) is 11.5 Å². The van der Waals surface area contributed by atoms with Gasteiger partial charge >= 0.3 is 0 Å². The van der Waals surface area contributed by atoms with Crippen LogP contribution in [0.1, 0.15) is 25.7 Å². The van der Waals surface area contributed by atoms with Gasteiger partial charge in [-0.2, -0.15) is 0 Å². The van der Waals surface area contributed by atoms with Crippen molar-refractivity contribution in [2.75, 3.05) is 26.1 Å². The van der Waals surface area contributed by atoms with E-state index in [1.807, 2.05) is 0 Å². The maximum Gasteiger partial charge on any atom is 0.242 e. The Morgan fingerprint density at radius 2 is 2.00 bits per heavy atom. The summed E-state index contributed by atoms with van der Waals surface area (Å²) in [6, 6.07) is 4.37. The molecule has 136 valence electrons. The minimum absolute atomic E-state index is 0.208. The summed E-state index contributed by atoms with van der Waals surface area (Å²) in [6.45, 7) is 0.612. The summed E-state index contributed by atoms with van der Waals surface area (Å²) in [6.07, 6.45) is 1.91. The first-order valence-corrected chi connectivity index (χ1v) is 8.12. The van der Waals surface area contributed by atoms with Crippen LogP contribution < -0.4 is 25.4 Å². The standard InChI is InChI=1S/C17H23N3O5/c1-24-11-6-7-14(25-2)13(9-11)20-16(22)10-15(21)19-12-5-3-4-8-18-17(12)23/h6-7,9,12H,3-5,8,10H2,1-2H3,(H,18,23)(H,19,21)(H,20,22)/t12-/m0/s1. The summed E-state index contributed by atoms with van der Waals surface area (Å²) < 4.78 is 10.3. The van der Waals surface area contributed by atoms with E-state index < -0.39 is 17.9 Å². The molecule has 0 saturated carbocycles. The highest BCUT2D eigenvalue weighted by Gasteiger charge is 2.23. The van der Waals surface area contributed by atoms with Gasteiger partial charge in [-0.15, -0.1) is 0 Å². The molecule has 25 heavy (non-hydrogen) atoms. The van der Waals surface area contributed by atoms with E-state index in [0.29, 0.717) is 30.2 Å². The minimum atomic E-state index is -0.589. The maximum atomic E-state index is 12.1. The van der Waals surface area contributed by atoms with Crippen LogP contribution in [0.15, 0.2) is 18.2 Å².